The van der Waals surface area contributed by atoms with E-state index >= 15 is 0 Å². The molecular formula is C5H8N4O. The van der Waals surface area contributed by atoms with Crippen LogP contribution in [-0.2, 0) is 5.60 Å². The number of aromatic nitrogens is 3. The first-order valence-corrected chi connectivity index (χ1v) is 3.11. The molecule has 1 aliphatic rings. The van der Waals surface area contributed by atoms with E-state index in [9.17, 15) is 5.11 Å². The molecule has 0 unspecified atom stereocenters. The second-order valence-electron chi connectivity index (χ2n) is 2.49. The Morgan fingerprint density at radius 3 is 2.80 bits per heavy atom. The first-order chi connectivity index (χ1) is 4.81. The van der Waals surface area contributed by atoms with Gasteiger partial charge < -0.3 is 10.4 Å². The van der Waals surface area contributed by atoms with Gasteiger partial charge in [-0.1, -0.05) is 0 Å². The van der Waals surface area contributed by atoms with Gasteiger partial charge in [0.2, 0.25) is 0 Å². The van der Waals surface area contributed by atoms with Crippen LogP contribution in [0.25, 0.3) is 0 Å². The average Bonchev–Trinajstić information content (AvgIpc) is 2.33. The van der Waals surface area contributed by atoms with Gasteiger partial charge in [-0.2, -0.15) is 15.4 Å². The zero-order valence-electron chi connectivity index (χ0n) is 5.33. The molecule has 5 nitrogen and oxygen atoms in total. The number of nitrogens with zero attached hydrogens (tertiary/aromatic N) is 2. The first kappa shape index (κ1) is 5.82. The molecule has 10 heavy (non-hydrogen) atoms. The summed E-state index contributed by atoms with van der Waals surface area (Å²) in [5, 5.41) is 22.4. The van der Waals surface area contributed by atoms with Crippen molar-refractivity contribution >= 4 is 0 Å². The predicted octanol–water partition coefficient (Wildman–Crippen LogP) is -1.40. The van der Waals surface area contributed by atoms with Crippen molar-refractivity contribution in [3.63, 3.8) is 0 Å². The van der Waals surface area contributed by atoms with Crippen molar-refractivity contribution in [3.8, 4) is 0 Å². The highest BCUT2D eigenvalue weighted by atomic mass is 16.3. The van der Waals surface area contributed by atoms with Gasteiger partial charge in [0.1, 0.15) is 11.3 Å². The van der Waals surface area contributed by atoms with Gasteiger partial charge >= 0.3 is 0 Å². The topological polar surface area (TPSA) is 73.8 Å². The summed E-state index contributed by atoms with van der Waals surface area (Å²) < 4.78 is 0. The Morgan fingerprint density at radius 2 is 2.40 bits per heavy atom. The molecule has 1 aromatic heterocycles. The van der Waals surface area contributed by atoms with Crippen LogP contribution in [0.5, 0.6) is 0 Å². The molecule has 0 radical (unpaired) electrons. The van der Waals surface area contributed by atoms with Gasteiger partial charge in [-0.3, -0.25) is 0 Å². The number of aromatic amines is 1. The molecule has 2 heterocycles. The van der Waals surface area contributed by atoms with E-state index in [0.717, 1.165) is 0 Å². The molecule has 0 aromatic carbocycles. The van der Waals surface area contributed by atoms with Crippen LogP contribution in [0.3, 0.4) is 0 Å². The highest BCUT2D eigenvalue weighted by Crippen LogP contribution is 2.21. The Labute approximate surface area is 57.4 Å². The molecule has 54 valence electrons. The molecular weight excluding hydrogens is 132 g/mol. The van der Waals surface area contributed by atoms with Gasteiger partial charge in [-0.05, 0) is 0 Å². The number of H-pyrrole nitrogens is 1. The summed E-state index contributed by atoms with van der Waals surface area (Å²) in [6.07, 6.45) is 1.54. The summed E-state index contributed by atoms with van der Waals surface area (Å²) in [5.74, 6) is 0. The zero-order chi connectivity index (χ0) is 7.03. The van der Waals surface area contributed by atoms with E-state index < -0.39 is 5.60 Å². The maximum Gasteiger partial charge on any atom is 0.135 e. The fraction of sp³-hybridized carbons (Fsp3) is 0.600. The average molecular weight is 140 g/mol. The van der Waals surface area contributed by atoms with Crippen molar-refractivity contribution in [2.45, 2.75) is 5.60 Å². The zero-order valence-corrected chi connectivity index (χ0v) is 5.33. The van der Waals surface area contributed by atoms with Crippen LogP contribution in [-0.4, -0.2) is 33.6 Å². The SMILES string of the molecule is OC1(c2cn[nH]n2)CNC1. The van der Waals surface area contributed by atoms with E-state index in [1.165, 1.54) is 0 Å². The lowest BCUT2D eigenvalue weighted by molar-refractivity contribution is -0.0186. The quantitative estimate of drug-likeness (QED) is 0.448. The van der Waals surface area contributed by atoms with Crippen molar-refractivity contribution in [2.24, 2.45) is 0 Å². The number of rotatable bonds is 1. The molecule has 0 bridgehead atoms. The fourth-order valence-corrected chi connectivity index (χ4v) is 0.969. The summed E-state index contributed by atoms with van der Waals surface area (Å²) in [5.41, 5.74) is -0.154. The maximum absolute atomic E-state index is 9.59. The number of nitrogens with one attached hydrogen (secondary N) is 2. The van der Waals surface area contributed by atoms with Crippen molar-refractivity contribution in [3.05, 3.63) is 11.9 Å². The largest absolute Gasteiger partial charge is 0.381 e. The second-order valence-corrected chi connectivity index (χ2v) is 2.49. The molecule has 0 atom stereocenters. The van der Waals surface area contributed by atoms with Gasteiger partial charge in [0.05, 0.1) is 6.20 Å². The van der Waals surface area contributed by atoms with Crippen LogP contribution < -0.4 is 5.32 Å². The smallest absolute Gasteiger partial charge is 0.135 e. The summed E-state index contributed by atoms with van der Waals surface area (Å²) >= 11 is 0. The maximum atomic E-state index is 9.59. The lowest BCUT2D eigenvalue weighted by Gasteiger charge is -2.35. The molecule has 0 aliphatic carbocycles. The highest BCUT2D eigenvalue weighted by Gasteiger charge is 2.38. The van der Waals surface area contributed by atoms with Gasteiger partial charge in [0, 0.05) is 13.1 Å². The molecule has 2 rings (SSSR count). The monoisotopic (exact) mass is 140 g/mol. The van der Waals surface area contributed by atoms with Crippen molar-refractivity contribution in [2.75, 3.05) is 13.1 Å². The number of hydrogen-bond acceptors (Lipinski definition) is 4. The molecule has 1 aliphatic heterocycles. The summed E-state index contributed by atoms with van der Waals surface area (Å²) in [6, 6.07) is 0. The normalized spacial score (nSPS) is 22.1. The molecule has 0 amide bonds. The molecule has 0 saturated carbocycles. The molecule has 5 heteroatoms. The van der Waals surface area contributed by atoms with Crippen LogP contribution in [0.1, 0.15) is 5.69 Å². The lowest BCUT2D eigenvalue weighted by atomic mass is 9.94. The van der Waals surface area contributed by atoms with Crippen LogP contribution in [0, 0.1) is 0 Å². The summed E-state index contributed by atoms with van der Waals surface area (Å²) in [4.78, 5) is 0. The van der Waals surface area contributed by atoms with Crippen LogP contribution in [0.15, 0.2) is 6.20 Å². The Kier molecular flexibility index (Phi) is 1.03. The second kappa shape index (κ2) is 1.77. The third-order valence-corrected chi connectivity index (χ3v) is 1.73. The van der Waals surface area contributed by atoms with Crippen molar-refractivity contribution < 1.29 is 5.11 Å². The van der Waals surface area contributed by atoms with E-state index in [2.05, 4.69) is 20.7 Å². The minimum atomic E-state index is -0.771. The third kappa shape index (κ3) is 0.644. The van der Waals surface area contributed by atoms with Gasteiger partial charge in [0.25, 0.3) is 0 Å². The van der Waals surface area contributed by atoms with Crippen molar-refractivity contribution in [1.82, 2.24) is 20.7 Å². The predicted molar refractivity (Wildman–Crippen MR) is 33.1 cm³/mol. The van der Waals surface area contributed by atoms with E-state index in [1.807, 2.05) is 0 Å². The van der Waals surface area contributed by atoms with Crippen LogP contribution in [0.4, 0.5) is 0 Å². The molecule has 1 aromatic rings. The van der Waals surface area contributed by atoms with E-state index in [-0.39, 0.29) is 0 Å². The standard InChI is InChI=1S/C5H8N4O/c10-5(2-6-3-5)4-1-7-9-8-4/h1,6,10H,2-3H2,(H,7,8,9). The van der Waals surface area contributed by atoms with Gasteiger partial charge in [0.15, 0.2) is 0 Å². The Balaban J connectivity index is 2.27. The van der Waals surface area contributed by atoms with Crippen LogP contribution >= 0.6 is 0 Å². The third-order valence-electron chi connectivity index (χ3n) is 1.73. The van der Waals surface area contributed by atoms with E-state index in [0.29, 0.717) is 18.8 Å². The molecule has 0 spiro atoms. The van der Waals surface area contributed by atoms with Gasteiger partial charge in [-0.15, -0.1) is 0 Å². The Hall–Kier alpha value is -0.940. The number of aliphatic hydroxyl groups is 1. The summed E-state index contributed by atoms with van der Waals surface area (Å²) in [7, 11) is 0. The van der Waals surface area contributed by atoms with Crippen LogP contribution in [0.2, 0.25) is 0 Å². The molecule has 3 N–H and O–H groups in total. The van der Waals surface area contributed by atoms with Gasteiger partial charge in [-0.25, -0.2) is 0 Å². The minimum Gasteiger partial charge on any atom is -0.381 e. The Morgan fingerprint density at radius 1 is 1.60 bits per heavy atom. The van der Waals surface area contributed by atoms with Crippen molar-refractivity contribution in [1.29, 1.82) is 0 Å². The number of β-amino-alcohol motifs (C(OH)–C–C–N with tert-alkyl or cyclic N) is 1. The van der Waals surface area contributed by atoms with E-state index in [4.69, 9.17) is 0 Å². The molecule has 1 saturated heterocycles. The van der Waals surface area contributed by atoms with E-state index in [1.54, 1.807) is 6.20 Å². The Bertz CT molecular complexity index is 216. The fourth-order valence-electron chi connectivity index (χ4n) is 0.969. The highest BCUT2D eigenvalue weighted by molar-refractivity contribution is 5.12. The lowest BCUT2D eigenvalue weighted by Crippen LogP contribution is -2.56. The molecule has 1 fully saturated rings. The first-order valence-electron chi connectivity index (χ1n) is 3.11. The summed E-state index contributed by atoms with van der Waals surface area (Å²) in [6.45, 7) is 1.14. The number of hydrogen-bond donors (Lipinski definition) is 3. The minimum absolute atomic E-state index is 0.569.